The summed E-state index contributed by atoms with van der Waals surface area (Å²) < 4.78 is 16.8. The van der Waals surface area contributed by atoms with Gasteiger partial charge in [0.25, 0.3) is 0 Å². The molecular weight excluding hydrogens is 222 g/mol. The van der Waals surface area contributed by atoms with Crippen LogP contribution in [0, 0.1) is 5.92 Å². The number of nitrogens with one attached hydrogen (secondary N) is 1. The summed E-state index contributed by atoms with van der Waals surface area (Å²) >= 11 is 0. The lowest BCUT2D eigenvalue weighted by Gasteiger charge is -2.23. The molecule has 0 aliphatic rings. The van der Waals surface area contributed by atoms with E-state index in [1.165, 1.54) is 0 Å². The molecule has 0 aromatic carbocycles. The second-order valence-corrected chi connectivity index (χ2v) is 5.83. The van der Waals surface area contributed by atoms with Crippen LogP contribution in [-0.2, 0) is 15.5 Å². The maximum atomic E-state index is 11.8. The molecule has 0 aliphatic carbocycles. The summed E-state index contributed by atoms with van der Waals surface area (Å²) in [5.41, 5.74) is 0. The lowest BCUT2D eigenvalue weighted by molar-refractivity contribution is 0.200. The highest BCUT2D eigenvalue weighted by Crippen LogP contribution is 2.09. The summed E-state index contributed by atoms with van der Waals surface area (Å²) in [5.74, 6) is 2.12. The number of rotatable bonds is 10. The third-order valence-corrected chi connectivity index (χ3v) is 4.36. The molecule has 1 N–H and O–H groups in total. The molecule has 0 saturated carbocycles. The molecule has 0 bridgehead atoms. The molecule has 3 atom stereocenters. The van der Waals surface area contributed by atoms with Crippen molar-refractivity contribution in [2.24, 2.45) is 5.92 Å². The summed E-state index contributed by atoms with van der Waals surface area (Å²) in [7, 11) is 0.966. The van der Waals surface area contributed by atoms with Gasteiger partial charge in [-0.05, 0) is 18.9 Å². The van der Waals surface area contributed by atoms with Crippen molar-refractivity contribution in [3.63, 3.8) is 0 Å². The lowest BCUT2D eigenvalue weighted by atomic mass is 10.0. The van der Waals surface area contributed by atoms with Crippen LogP contribution in [0.2, 0.25) is 0 Å². The Morgan fingerprint density at radius 3 is 2.56 bits per heavy atom. The molecule has 3 unspecified atom stereocenters. The van der Waals surface area contributed by atoms with Crippen LogP contribution in [0.3, 0.4) is 0 Å². The smallest absolute Gasteiger partial charge is 0.0471 e. The number of ether oxygens (including phenoxy) is 1. The fraction of sp³-hybridized carbons (Fsp3) is 1.00. The quantitative estimate of drug-likeness (QED) is 0.600. The average Bonchev–Trinajstić information content (AvgIpc) is 2.28. The van der Waals surface area contributed by atoms with E-state index in [9.17, 15) is 4.21 Å². The van der Waals surface area contributed by atoms with E-state index in [1.54, 1.807) is 7.11 Å². The van der Waals surface area contributed by atoms with Crippen molar-refractivity contribution in [1.29, 1.82) is 0 Å². The third-order valence-electron chi connectivity index (χ3n) is 2.88. The Bertz CT molecular complexity index is 188. The van der Waals surface area contributed by atoms with Gasteiger partial charge in [-0.2, -0.15) is 0 Å². The zero-order valence-electron chi connectivity index (χ0n) is 11.1. The first-order valence-electron chi connectivity index (χ1n) is 6.22. The van der Waals surface area contributed by atoms with Gasteiger partial charge in [-0.15, -0.1) is 0 Å². The topological polar surface area (TPSA) is 38.3 Å². The van der Waals surface area contributed by atoms with Crippen LogP contribution < -0.4 is 5.32 Å². The first-order chi connectivity index (χ1) is 7.65. The maximum absolute atomic E-state index is 11.8. The van der Waals surface area contributed by atoms with E-state index in [-0.39, 0.29) is 0 Å². The predicted octanol–water partition coefficient (Wildman–Crippen LogP) is 1.80. The minimum Gasteiger partial charge on any atom is -0.385 e. The minimum atomic E-state index is -0.718. The molecule has 4 heteroatoms. The highest BCUT2D eigenvalue weighted by Gasteiger charge is 2.17. The van der Waals surface area contributed by atoms with Crippen molar-refractivity contribution < 1.29 is 8.95 Å². The Labute approximate surface area is 103 Å². The fourth-order valence-electron chi connectivity index (χ4n) is 1.62. The van der Waals surface area contributed by atoms with E-state index in [4.69, 9.17) is 4.74 Å². The summed E-state index contributed by atoms with van der Waals surface area (Å²) in [6.45, 7) is 8.16. The van der Waals surface area contributed by atoms with Gasteiger partial charge in [0.2, 0.25) is 0 Å². The molecule has 0 aliphatic heterocycles. The fourth-order valence-corrected chi connectivity index (χ4v) is 3.07. The van der Waals surface area contributed by atoms with Crippen LogP contribution >= 0.6 is 0 Å². The summed E-state index contributed by atoms with van der Waals surface area (Å²) in [5, 5.41) is 3.43. The maximum Gasteiger partial charge on any atom is 0.0471 e. The molecule has 0 spiro atoms. The van der Waals surface area contributed by atoms with Crippen molar-refractivity contribution >= 4 is 10.8 Å². The van der Waals surface area contributed by atoms with Crippen LogP contribution in [0.5, 0.6) is 0 Å². The Hall–Kier alpha value is 0.0700. The van der Waals surface area contributed by atoms with Gasteiger partial charge >= 0.3 is 0 Å². The van der Waals surface area contributed by atoms with Gasteiger partial charge in [-0.1, -0.05) is 27.2 Å². The van der Waals surface area contributed by atoms with Crippen LogP contribution in [0.1, 0.15) is 33.6 Å². The zero-order valence-corrected chi connectivity index (χ0v) is 11.9. The molecule has 0 rings (SSSR count). The highest BCUT2D eigenvalue weighted by atomic mass is 32.2. The molecule has 0 heterocycles. The average molecular weight is 249 g/mol. The summed E-state index contributed by atoms with van der Waals surface area (Å²) in [6.07, 6.45) is 2.02. The van der Waals surface area contributed by atoms with Crippen molar-refractivity contribution in [2.75, 3.05) is 31.8 Å². The molecule has 3 nitrogen and oxygen atoms in total. The van der Waals surface area contributed by atoms with Crippen LogP contribution in [0.4, 0.5) is 0 Å². The largest absolute Gasteiger partial charge is 0.385 e. The molecular formula is C12H27NO2S. The normalized spacial score (nSPS) is 17.0. The molecule has 0 saturated heterocycles. The van der Waals surface area contributed by atoms with E-state index in [0.717, 1.165) is 30.9 Å². The van der Waals surface area contributed by atoms with Gasteiger partial charge in [0.1, 0.15) is 0 Å². The van der Waals surface area contributed by atoms with Crippen LogP contribution in [0.15, 0.2) is 0 Å². The van der Waals surface area contributed by atoms with E-state index in [0.29, 0.717) is 18.6 Å². The van der Waals surface area contributed by atoms with Crippen LogP contribution in [-0.4, -0.2) is 42.0 Å². The van der Waals surface area contributed by atoms with E-state index in [2.05, 4.69) is 26.1 Å². The van der Waals surface area contributed by atoms with Crippen molar-refractivity contribution in [3.8, 4) is 0 Å². The second kappa shape index (κ2) is 10.2. The summed E-state index contributed by atoms with van der Waals surface area (Å²) in [6, 6.07) is 0.387. The number of hydrogen-bond donors (Lipinski definition) is 1. The first kappa shape index (κ1) is 16.1. The number of hydrogen-bond acceptors (Lipinski definition) is 3. The van der Waals surface area contributed by atoms with E-state index in [1.807, 2.05) is 0 Å². The molecule has 0 fully saturated rings. The SMILES string of the molecule is CCNC(CS(=O)CCCOC)C(C)CC. The van der Waals surface area contributed by atoms with Gasteiger partial charge in [0.05, 0.1) is 0 Å². The van der Waals surface area contributed by atoms with Crippen molar-refractivity contribution in [3.05, 3.63) is 0 Å². The Morgan fingerprint density at radius 2 is 2.06 bits per heavy atom. The molecule has 0 amide bonds. The Kier molecular flexibility index (Phi) is 10.3. The molecule has 16 heavy (non-hydrogen) atoms. The Morgan fingerprint density at radius 1 is 1.38 bits per heavy atom. The van der Waals surface area contributed by atoms with Gasteiger partial charge in [-0.25, -0.2) is 0 Å². The monoisotopic (exact) mass is 249 g/mol. The van der Waals surface area contributed by atoms with E-state index < -0.39 is 10.8 Å². The van der Waals surface area contributed by atoms with Gasteiger partial charge in [0, 0.05) is 42.1 Å². The van der Waals surface area contributed by atoms with Crippen LogP contribution in [0.25, 0.3) is 0 Å². The Balaban J connectivity index is 3.92. The standard InChI is InChI=1S/C12H27NO2S/c1-5-11(3)12(13-6-2)10-16(14)9-7-8-15-4/h11-13H,5-10H2,1-4H3. The van der Waals surface area contributed by atoms with Gasteiger partial charge in [0.15, 0.2) is 0 Å². The molecule has 0 aromatic rings. The number of methoxy groups -OCH3 is 1. The molecule has 0 radical (unpaired) electrons. The van der Waals surface area contributed by atoms with E-state index >= 15 is 0 Å². The molecule has 0 aromatic heterocycles. The van der Waals surface area contributed by atoms with Gasteiger partial charge in [-0.3, -0.25) is 4.21 Å². The zero-order chi connectivity index (χ0) is 12.4. The first-order valence-corrected chi connectivity index (χ1v) is 7.71. The predicted molar refractivity (Wildman–Crippen MR) is 71.3 cm³/mol. The van der Waals surface area contributed by atoms with Crippen molar-refractivity contribution in [2.45, 2.75) is 39.7 Å². The third kappa shape index (κ3) is 7.36. The summed E-state index contributed by atoms with van der Waals surface area (Å²) in [4.78, 5) is 0. The minimum absolute atomic E-state index is 0.387. The molecule has 98 valence electrons. The lowest BCUT2D eigenvalue weighted by Crippen LogP contribution is -2.39. The van der Waals surface area contributed by atoms with Crippen molar-refractivity contribution in [1.82, 2.24) is 5.32 Å². The highest BCUT2D eigenvalue weighted by molar-refractivity contribution is 7.85. The second-order valence-electron chi connectivity index (χ2n) is 4.21. The van der Waals surface area contributed by atoms with Gasteiger partial charge < -0.3 is 10.1 Å².